The van der Waals surface area contributed by atoms with E-state index in [-0.39, 0.29) is 11.1 Å². The summed E-state index contributed by atoms with van der Waals surface area (Å²) in [5.74, 6) is -0.371. The SMILES string of the molecule is CN1CCN(c2ccc(-c3cccc4ccc(C=C5SC(=O)NC5=O)nc34)cc2)CC1. The van der Waals surface area contributed by atoms with Gasteiger partial charge in [0.1, 0.15) is 0 Å². The molecule has 3 aromatic rings. The van der Waals surface area contributed by atoms with Crippen LogP contribution >= 0.6 is 11.8 Å². The largest absolute Gasteiger partial charge is 0.369 e. The normalized spacial score (nSPS) is 18.7. The molecule has 0 aliphatic carbocycles. The number of imide groups is 1. The number of nitrogens with one attached hydrogen (secondary N) is 1. The lowest BCUT2D eigenvalue weighted by Crippen LogP contribution is -2.44. The van der Waals surface area contributed by atoms with Gasteiger partial charge in [-0.05, 0) is 48.6 Å². The number of aromatic nitrogens is 1. The Balaban J connectivity index is 1.47. The molecule has 7 heteroatoms. The first-order valence-electron chi connectivity index (χ1n) is 10.3. The van der Waals surface area contributed by atoms with E-state index in [1.807, 2.05) is 24.3 Å². The molecule has 2 aromatic carbocycles. The number of carbonyl (C=O) groups is 2. The smallest absolute Gasteiger partial charge is 0.290 e. The number of nitrogens with zero attached hydrogens (tertiary/aromatic N) is 3. The fourth-order valence-electron chi connectivity index (χ4n) is 3.95. The maximum atomic E-state index is 11.9. The zero-order chi connectivity index (χ0) is 21.4. The van der Waals surface area contributed by atoms with Gasteiger partial charge in [-0.25, -0.2) is 4.98 Å². The van der Waals surface area contributed by atoms with E-state index in [1.54, 1.807) is 6.08 Å². The molecule has 3 heterocycles. The molecule has 0 saturated carbocycles. The third kappa shape index (κ3) is 4.06. The molecule has 0 radical (unpaired) electrons. The quantitative estimate of drug-likeness (QED) is 0.634. The molecule has 2 fully saturated rings. The number of thioether (sulfide) groups is 1. The molecule has 2 aliphatic heterocycles. The number of anilines is 1. The Morgan fingerprint density at radius 2 is 1.74 bits per heavy atom. The maximum absolute atomic E-state index is 11.9. The summed E-state index contributed by atoms with van der Waals surface area (Å²) in [6.45, 7) is 4.24. The summed E-state index contributed by atoms with van der Waals surface area (Å²) in [7, 11) is 2.16. The standard InChI is InChI=1S/C24H22N4O2S/c1-27-11-13-28(14-12-27)19-9-6-16(7-10-19)20-4-2-3-17-5-8-18(25-22(17)20)15-21-23(29)26-24(30)31-21/h2-10,15H,11-14H2,1H3,(H,26,29,30). The molecule has 2 amide bonds. The Morgan fingerprint density at radius 3 is 2.45 bits per heavy atom. The van der Waals surface area contributed by atoms with Gasteiger partial charge < -0.3 is 9.80 Å². The average Bonchev–Trinajstić information content (AvgIpc) is 3.10. The summed E-state index contributed by atoms with van der Waals surface area (Å²) in [5.41, 5.74) is 4.91. The summed E-state index contributed by atoms with van der Waals surface area (Å²) >= 11 is 0.904. The van der Waals surface area contributed by atoms with Crippen molar-refractivity contribution in [2.45, 2.75) is 0 Å². The van der Waals surface area contributed by atoms with Gasteiger partial charge in [0.25, 0.3) is 11.1 Å². The van der Waals surface area contributed by atoms with E-state index in [1.165, 1.54) is 5.69 Å². The first kappa shape index (κ1) is 19.8. The fraction of sp³-hybridized carbons (Fsp3) is 0.208. The summed E-state index contributed by atoms with van der Waals surface area (Å²) in [4.78, 5) is 33.2. The Labute approximate surface area is 184 Å². The van der Waals surface area contributed by atoms with Gasteiger partial charge in [0.2, 0.25) is 0 Å². The van der Waals surface area contributed by atoms with Crippen LogP contribution in [-0.2, 0) is 4.79 Å². The highest BCUT2D eigenvalue weighted by Crippen LogP contribution is 2.31. The average molecular weight is 431 g/mol. The van der Waals surface area contributed by atoms with Crippen LogP contribution in [0.25, 0.3) is 28.1 Å². The summed E-state index contributed by atoms with van der Waals surface area (Å²) in [6, 6.07) is 18.6. The lowest BCUT2D eigenvalue weighted by atomic mass is 10.0. The van der Waals surface area contributed by atoms with Crippen molar-refractivity contribution < 1.29 is 9.59 Å². The third-order valence-electron chi connectivity index (χ3n) is 5.71. The van der Waals surface area contributed by atoms with Gasteiger partial charge in [0, 0.05) is 42.8 Å². The van der Waals surface area contributed by atoms with Crippen LogP contribution in [0.1, 0.15) is 5.69 Å². The number of pyridine rings is 1. The fourth-order valence-corrected chi connectivity index (χ4v) is 4.61. The van der Waals surface area contributed by atoms with E-state index in [2.05, 4.69) is 52.5 Å². The van der Waals surface area contributed by atoms with Gasteiger partial charge in [-0.15, -0.1) is 0 Å². The highest BCUT2D eigenvalue weighted by molar-refractivity contribution is 8.18. The summed E-state index contributed by atoms with van der Waals surface area (Å²) in [6.07, 6.45) is 1.66. The van der Waals surface area contributed by atoms with Crippen molar-refractivity contribution in [3.63, 3.8) is 0 Å². The number of hydrogen-bond donors (Lipinski definition) is 1. The molecule has 0 spiro atoms. The van der Waals surface area contributed by atoms with Crippen LogP contribution in [0.5, 0.6) is 0 Å². The van der Waals surface area contributed by atoms with Gasteiger partial charge in [0.15, 0.2) is 0 Å². The van der Waals surface area contributed by atoms with E-state index in [4.69, 9.17) is 4.98 Å². The number of likely N-dealkylation sites (N-methyl/N-ethyl adjacent to an activating group) is 1. The number of hydrogen-bond acceptors (Lipinski definition) is 6. The highest BCUT2D eigenvalue weighted by atomic mass is 32.2. The van der Waals surface area contributed by atoms with Crippen LogP contribution in [0.15, 0.2) is 59.5 Å². The van der Waals surface area contributed by atoms with E-state index in [0.29, 0.717) is 10.6 Å². The summed E-state index contributed by atoms with van der Waals surface area (Å²) < 4.78 is 0. The van der Waals surface area contributed by atoms with Crippen LogP contribution in [0, 0.1) is 0 Å². The number of para-hydroxylation sites is 1. The second kappa shape index (κ2) is 8.17. The van der Waals surface area contributed by atoms with Gasteiger partial charge in [-0.2, -0.15) is 0 Å². The van der Waals surface area contributed by atoms with Crippen molar-refractivity contribution in [2.24, 2.45) is 0 Å². The molecule has 0 unspecified atom stereocenters. The van der Waals surface area contributed by atoms with E-state index >= 15 is 0 Å². The molecule has 156 valence electrons. The monoisotopic (exact) mass is 430 g/mol. The van der Waals surface area contributed by atoms with Crippen LogP contribution in [-0.4, -0.2) is 54.3 Å². The predicted molar refractivity (Wildman–Crippen MR) is 126 cm³/mol. The molecule has 1 aromatic heterocycles. The molecule has 5 rings (SSSR count). The van der Waals surface area contributed by atoms with Crippen LogP contribution in [0.3, 0.4) is 0 Å². The molecular weight excluding hydrogens is 408 g/mol. The zero-order valence-electron chi connectivity index (χ0n) is 17.2. The molecule has 0 bridgehead atoms. The minimum absolute atomic E-state index is 0.349. The Bertz CT molecular complexity index is 1200. The number of carbonyl (C=O) groups excluding carboxylic acids is 2. The van der Waals surface area contributed by atoms with Crippen molar-refractivity contribution in [3.8, 4) is 11.1 Å². The Morgan fingerprint density at radius 1 is 0.968 bits per heavy atom. The third-order valence-corrected chi connectivity index (χ3v) is 6.52. The lowest BCUT2D eigenvalue weighted by Gasteiger charge is -2.34. The lowest BCUT2D eigenvalue weighted by molar-refractivity contribution is -0.115. The maximum Gasteiger partial charge on any atom is 0.290 e. The topological polar surface area (TPSA) is 65.5 Å². The van der Waals surface area contributed by atoms with E-state index in [9.17, 15) is 9.59 Å². The van der Waals surface area contributed by atoms with Crippen molar-refractivity contribution in [1.82, 2.24) is 15.2 Å². The summed E-state index contributed by atoms with van der Waals surface area (Å²) in [5, 5.41) is 2.96. The second-order valence-corrected chi connectivity index (χ2v) is 8.82. The second-order valence-electron chi connectivity index (χ2n) is 7.80. The van der Waals surface area contributed by atoms with Gasteiger partial charge >= 0.3 is 0 Å². The molecular formula is C24H22N4O2S. The minimum atomic E-state index is -0.371. The van der Waals surface area contributed by atoms with E-state index < -0.39 is 0 Å². The van der Waals surface area contributed by atoms with Crippen molar-refractivity contribution >= 4 is 45.6 Å². The van der Waals surface area contributed by atoms with Crippen molar-refractivity contribution in [1.29, 1.82) is 0 Å². The zero-order valence-corrected chi connectivity index (χ0v) is 18.0. The Hall–Kier alpha value is -3.16. The molecule has 2 saturated heterocycles. The van der Waals surface area contributed by atoms with Gasteiger partial charge in [-0.1, -0.05) is 36.4 Å². The Kier molecular flexibility index (Phi) is 5.21. The molecule has 0 atom stereocenters. The molecule has 1 N–H and O–H groups in total. The number of benzene rings is 2. The molecule has 6 nitrogen and oxygen atoms in total. The van der Waals surface area contributed by atoms with Crippen LogP contribution in [0.2, 0.25) is 0 Å². The van der Waals surface area contributed by atoms with Gasteiger partial charge in [-0.3, -0.25) is 14.9 Å². The minimum Gasteiger partial charge on any atom is -0.369 e. The molecule has 2 aliphatic rings. The van der Waals surface area contributed by atoms with E-state index in [0.717, 1.165) is 60.0 Å². The number of piperazine rings is 1. The first-order chi connectivity index (χ1) is 15.1. The number of fused-ring (bicyclic) bond motifs is 1. The van der Waals surface area contributed by atoms with Gasteiger partial charge in [0.05, 0.1) is 16.1 Å². The van der Waals surface area contributed by atoms with Crippen LogP contribution in [0.4, 0.5) is 10.5 Å². The van der Waals surface area contributed by atoms with Crippen LogP contribution < -0.4 is 10.2 Å². The first-order valence-corrected chi connectivity index (χ1v) is 11.1. The molecule has 31 heavy (non-hydrogen) atoms. The predicted octanol–water partition coefficient (Wildman–Crippen LogP) is 3.98. The van der Waals surface area contributed by atoms with Crippen molar-refractivity contribution in [2.75, 3.05) is 38.1 Å². The number of rotatable bonds is 3. The number of amides is 2. The highest BCUT2D eigenvalue weighted by Gasteiger charge is 2.25. The van der Waals surface area contributed by atoms with Crippen molar-refractivity contribution in [3.05, 3.63) is 65.2 Å².